The largest absolute Gasteiger partial charge is 0.471 e. The zero-order valence-electron chi connectivity index (χ0n) is 18.2. The van der Waals surface area contributed by atoms with Crippen LogP contribution >= 0.6 is 0 Å². The summed E-state index contributed by atoms with van der Waals surface area (Å²) in [7, 11) is 0. The van der Waals surface area contributed by atoms with E-state index in [-0.39, 0.29) is 5.69 Å². The lowest BCUT2D eigenvalue weighted by atomic mass is 10.1. The van der Waals surface area contributed by atoms with Gasteiger partial charge >= 0.3 is 0 Å². The summed E-state index contributed by atoms with van der Waals surface area (Å²) in [5.41, 5.74) is 7.85. The minimum atomic E-state index is -0.396. The van der Waals surface area contributed by atoms with Gasteiger partial charge in [0.15, 0.2) is 0 Å². The minimum absolute atomic E-state index is 0.0225. The monoisotopic (exact) mass is 415 g/mol. The lowest BCUT2D eigenvalue weighted by molar-refractivity contribution is -0.384. The number of nitro benzene ring substituents is 1. The van der Waals surface area contributed by atoms with E-state index in [2.05, 4.69) is 63.1 Å². The number of nitrogens with zero attached hydrogens (tertiary/aromatic N) is 3. The van der Waals surface area contributed by atoms with E-state index >= 15 is 0 Å². The summed E-state index contributed by atoms with van der Waals surface area (Å²) < 4.78 is 7.89. The molecule has 0 N–H and O–H groups in total. The van der Waals surface area contributed by atoms with Crippen LogP contribution in [0.25, 0.3) is 10.9 Å². The number of benzene rings is 3. The van der Waals surface area contributed by atoms with E-state index in [0.29, 0.717) is 24.4 Å². The van der Waals surface area contributed by atoms with Gasteiger partial charge in [0.2, 0.25) is 5.88 Å². The molecule has 0 saturated carbocycles. The summed E-state index contributed by atoms with van der Waals surface area (Å²) in [5, 5.41) is 16.6. The van der Waals surface area contributed by atoms with Gasteiger partial charge in [-0.25, -0.2) is 0 Å². The molecule has 0 aliphatic carbocycles. The van der Waals surface area contributed by atoms with E-state index in [1.54, 1.807) is 6.07 Å². The van der Waals surface area contributed by atoms with Crippen molar-refractivity contribution in [3.63, 3.8) is 0 Å². The molecule has 3 aromatic carbocycles. The molecule has 0 saturated heterocycles. The number of fused-ring (bicyclic) bond motifs is 1. The van der Waals surface area contributed by atoms with Crippen molar-refractivity contribution in [1.82, 2.24) is 9.78 Å². The Labute approximate surface area is 181 Å². The first kappa shape index (κ1) is 20.6. The van der Waals surface area contributed by atoms with Gasteiger partial charge in [-0.05, 0) is 67.1 Å². The van der Waals surface area contributed by atoms with Crippen LogP contribution in [0, 0.1) is 37.8 Å². The Morgan fingerprint density at radius 3 is 2.16 bits per heavy atom. The maximum absolute atomic E-state index is 11.3. The number of non-ortho nitro benzene ring substituents is 1. The fourth-order valence-electron chi connectivity index (χ4n) is 3.60. The zero-order chi connectivity index (χ0) is 22.1. The summed E-state index contributed by atoms with van der Waals surface area (Å²) in [6.07, 6.45) is 0. The van der Waals surface area contributed by atoms with Gasteiger partial charge in [0, 0.05) is 12.1 Å². The van der Waals surface area contributed by atoms with Crippen molar-refractivity contribution in [2.45, 2.75) is 40.8 Å². The van der Waals surface area contributed by atoms with Crippen molar-refractivity contribution in [3.05, 3.63) is 98.1 Å². The first-order valence-electron chi connectivity index (χ1n) is 10.2. The Morgan fingerprint density at radius 1 is 0.871 bits per heavy atom. The van der Waals surface area contributed by atoms with Gasteiger partial charge < -0.3 is 4.74 Å². The molecule has 4 rings (SSSR count). The topological polar surface area (TPSA) is 70.2 Å². The van der Waals surface area contributed by atoms with Crippen LogP contribution in [-0.4, -0.2) is 14.7 Å². The molecule has 0 unspecified atom stereocenters. The lowest BCUT2D eigenvalue weighted by Gasteiger charge is -2.07. The summed E-state index contributed by atoms with van der Waals surface area (Å²) in [5.74, 6) is 0.403. The fourth-order valence-corrected chi connectivity index (χ4v) is 3.60. The summed E-state index contributed by atoms with van der Waals surface area (Å²) in [4.78, 5) is 10.9. The van der Waals surface area contributed by atoms with Crippen LogP contribution in [0.5, 0.6) is 5.88 Å². The molecule has 0 aliphatic rings. The molecule has 0 radical (unpaired) electrons. The second-order valence-electron chi connectivity index (χ2n) is 8.05. The average molecular weight is 415 g/mol. The van der Waals surface area contributed by atoms with E-state index in [4.69, 9.17) is 4.74 Å². The van der Waals surface area contributed by atoms with Gasteiger partial charge in [-0.2, -0.15) is 0 Å². The van der Waals surface area contributed by atoms with Crippen LogP contribution < -0.4 is 4.74 Å². The third kappa shape index (κ3) is 4.28. The number of hydrogen-bond acceptors (Lipinski definition) is 4. The lowest BCUT2D eigenvalue weighted by Crippen LogP contribution is -2.03. The molecule has 0 amide bonds. The van der Waals surface area contributed by atoms with Gasteiger partial charge in [0.1, 0.15) is 6.61 Å². The number of aromatic nitrogens is 2. The van der Waals surface area contributed by atoms with Gasteiger partial charge in [0.05, 0.1) is 22.4 Å². The number of rotatable bonds is 6. The van der Waals surface area contributed by atoms with E-state index in [9.17, 15) is 10.1 Å². The highest BCUT2D eigenvalue weighted by Gasteiger charge is 2.17. The molecule has 1 heterocycles. The molecule has 0 fully saturated rings. The number of hydrogen-bond donors (Lipinski definition) is 0. The van der Waals surface area contributed by atoms with Crippen molar-refractivity contribution in [2.24, 2.45) is 0 Å². The molecular weight excluding hydrogens is 390 g/mol. The summed E-state index contributed by atoms with van der Waals surface area (Å²) in [6, 6.07) is 17.3. The zero-order valence-corrected chi connectivity index (χ0v) is 18.2. The number of ether oxygens (including phenoxy) is 1. The SMILES string of the molecule is Cc1ccc(COc2nn(Cc3ccc(C)c(C)c3)c3ccc([N+](=O)[O-])cc23)cc1C. The van der Waals surface area contributed by atoms with Crippen LogP contribution in [0.2, 0.25) is 0 Å². The molecule has 0 aliphatic heterocycles. The van der Waals surface area contributed by atoms with Gasteiger partial charge in [-0.15, -0.1) is 5.10 Å². The standard InChI is InChI=1S/C25H25N3O3/c1-16-5-7-20(11-18(16)3)14-27-24-10-9-22(28(29)30)13-23(24)25(26-27)31-15-21-8-6-17(2)19(4)12-21/h5-13H,14-15H2,1-4H3. The van der Waals surface area contributed by atoms with Crippen LogP contribution in [0.1, 0.15) is 33.4 Å². The maximum Gasteiger partial charge on any atom is 0.270 e. The predicted molar refractivity (Wildman–Crippen MR) is 122 cm³/mol. The van der Waals surface area contributed by atoms with Crippen LogP contribution in [-0.2, 0) is 13.2 Å². The van der Waals surface area contributed by atoms with Crippen molar-refractivity contribution >= 4 is 16.6 Å². The highest BCUT2D eigenvalue weighted by Crippen LogP contribution is 2.30. The fraction of sp³-hybridized carbons (Fsp3) is 0.240. The molecule has 158 valence electrons. The third-order valence-corrected chi connectivity index (χ3v) is 5.76. The molecule has 1 aromatic heterocycles. The molecule has 0 atom stereocenters. The van der Waals surface area contributed by atoms with Gasteiger partial charge in [-0.1, -0.05) is 36.4 Å². The summed E-state index contributed by atoms with van der Waals surface area (Å²) in [6.45, 7) is 9.21. The van der Waals surface area contributed by atoms with Crippen LogP contribution in [0.3, 0.4) is 0 Å². The molecular formula is C25H25N3O3. The van der Waals surface area contributed by atoms with E-state index in [0.717, 1.165) is 16.6 Å². The quantitative estimate of drug-likeness (QED) is 0.294. The van der Waals surface area contributed by atoms with Gasteiger partial charge in [0.25, 0.3) is 5.69 Å². The molecule has 4 aromatic rings. The molecule has 0 spiro atoms. The second-order valence-corrected chi connectivity index (χ2v) is 8.05. The number of aryl methyl sites for hydroxylation is 4. The summed E-state index contributed by atoms with van der Waals surface area (Å²) >= 11 is 0. The Balaban J connectivity index is 1.70. The van der Waals surface area contributed by atoms with E-state index in [1.807, 2.05) is 10.7 Å². The first-order valence-corrected chi connectivity index (χ1v) is 10.2. The van der Waals surface area contributed by atoms with Crippen molar-refractivity contribution in [1.29, 1.82) is 0 Å². The molecule has 31 heavy (non-hydrogen) atoms. The highest BCUT2D eigenvalue weighted by molar-refractivity contribution is 5.86. The smallest absolute Gasteiger partial charge is 0.270 e. The van der Waals surface area contributed by atoms with Crippen molar-refractivity contribution in [2.75, 3.05) is 0 Å². The normalized spacial score (nSPS) is 11.1. The Morgan fingerprint density at radius 2 is 1.52 bits per heavy atom. The first-order chi connectivity index (χ1) is 14.8. The van der Waals surface area contributed by atoms with Crippen LogP contribution in [0.4, 0.5) is 5.69 Å². The predicted octanol–water partition coefficient (Wildman–Crippen LogP) is 5.81. The van der Waals surface area contributed by atoms with E-state index in [1.165, 1.54) is 34.4 Å². The molecule has 0 bridgehead atoms. The Hall–Kier alpha value is -3.67. The van der Waals surface area contributed by atoms with Gasteiger partial charge in [-0.3, -0.25) is 14.8 Å². The van der Waals surface area contributed by atoms with Crippen molar-refractivity contribution < 1.29 is 9.66 Å². The third-order valence-electron chi connectivity index (χ3n) is 5.76. The maximum atomic E-state index is 11.3. The molecule has 6 heteroatoms. The number of nitro groups is 1. The Bertz CT molecular complexity index is 1290. The second kappa shape index (κ2) is 8.22. The van der Waals surface area contributed by atoms with Crippen molar-refractivity contribution in [3.8, 4) is 5.88 Å². The van der Waals surface area contributed by atoms with E-state index < -0.39 is 4.92 Å². The highest BCUT2D eigenvalue weighted by atomic mass is 16.6. The Kier molecular flexibility index (Phi) is 5.46. The molecule has 6 nitrogen and oxygen atoms in total. The minimum Gasteiger partial charge on any atom is -0.471 e. The average Bonchev–Trinajstić information content (AvgIpc) is 3.08. The van der Waals surface area contributed by atoms with Crippen LogP contribution in [0.15, 0.2) is 54.6 Å².